The normalized spacial score (nSPS) is 13.4. The molecule has 1 amide bonds. The molecule has 4 rings (SSSR count). The number of hydrogen-bond donors (Lipinski definition) is 1. The van der Waals surface area contributed by atoms with Crippen molar-refractivity contribution in [1.82, 2.24) is 24.4 Å². The van der Waals surface area contributed by atoms with Crippen molar-refractivity contribution in [2.45, 2.75) is 25.2 Å². The van der Waals surface area contributed by atoms with Crippen LogP contribution in [0.4, 0.5) is 0 Å². The highest BCUT2D eigenvalue weighted by Crippen LogP contribution is 2.27. The summed E-state index contributed by atoms with van der Waals surface area (Å²) in [5, 5.41) is 4.42. The minimum Gasteiger partial charge on any atom is -0.346 e. The van der Waals surface area contributed by atoms with E-state index in [1.807, 2.05) is 6.20 Å². The second kappa shape index (κ2) is 5.75. The number of thioether (sulfide) groups is 1. The van der Waals surface area contributed by atoms with Crippen LogP contribution in [-0.2, 0) is 20.1 Å². The molecule has 0 saturated carbocycles. The van der Waals surface area contributed by atoms with Crippen molar-refractivity contribution in [2.75, 3.05) is 5.75 Å². The molecule has 4 heterocycles. The average Bonchev–Trinajstić information content (AvgIpc) is 3.22. The second-order valence-electron chi connectivity index (χ2n) is 5.64. The van der Waals surface area contributed by atoms with Crippen molar-refractivity contribution in [2.24, 2.45) is 7.05 Å². The first kappa shape index (κ1) is 15.4. The number of carbonyl (C=O) groups is 1. The Kier molecular flexibility index (Phi) is 3.69. The van der Waals surface area contributed by atoms with E-state index in [0.717, 1.165) is 23.1 Å². The zero-order chi connectivity index (χ0) is 16.8. The van der Waals surface area contributed by atoms with Gasteiger partial charge in [0.15, 0.2) is 5.16 Å². The molecule has 0 aromatic carbocycles. The third kappa shape index (κ3) is 2.44. The van der Waals surface area contributed by atoms with E-state index in [4.69, 9.17) is 0 Å². The highest BCUT2D eigenvalue weighted by Gasteiger charge is 2.20. The quantitative estimate of drug-likeness (QED) is 0.765. The Morgan fingerprint density at radius 3 is 3.08 bits per heavy atom. The molecule has 0 bridgehead atoms. The molecular weight excluding hydrogens is 346 g/mol. The molecular formula is C15H15N5O2S2. The molecule has 0 spiro atoms. The van der Waals surface area contributed by atoms with Gasteiger partial charge in [0.2, 0.25) is 0 Å². The van der Waals surface area contributed by atoms with Gasteiger partial charge in [0.05, 0.1) is 28.8 Å². The predicted molar refractivity (Wildman–Crippen MR) is 93.7 cm³/mol. The van der Waals surface area contributed by atoms with Crippen LogP contribution in [0.2, 0.25) is 0 Å². The molecule has 0 radical (unpaired) electrons. The topological polar surface area (TPSA) is 81.8 Å². The summed E-state index contributed by atoms with van der Waals surface area (Å²) in [5.41, 5.74) is 1.40. The monoisotopic (exact) mass is 361 g/mol. The molecule has 0 aliphatic carbocycles. The molecule has 24 heavy (non-hydrogen) atoms. The number of nitrogens with one attached hydrogen (secondary N) is 1. The van der Waals surface area contributed by atoms with Crippen LogP contribution in [0, 0.1) is 6.92 Å². The van der Waals surface area contributed by atoms with Gasteiger partial charge >= 0.3 is 0 Å². The fourth-order valence-corrected chi connectivity index (χ4v) is 4.74. The number of aryl methyl sites for hydroxylation is 3. The molecule has 124 valence electrons. The minimum absolute atomic E-state index is 0.129. The molecule has 1 aliphatic heterocycles. The lowest BCUT2D eigenvalue weighted by molar-refractivity contribution is 0.0954. The first-order valence-electron chi connectivity index (χ1n) is 7.46. The van der Waals surface area contributed by atoms with E-state index in [1.54, 1.807) is 25.7 Å². The predicted octanol–water partition coefficient (Wildman–Crippen LogP) is 1.54. The van der Waals surface area contributed by atoms with E-state index < -0.39 is 0 Å². The highest BCUT2D eigenvalue weighted by molar-refractivity contribution is 7.99. The van der Waals surface area contributed by atoms with Crippen molar-refractivity contribution in [3.63, 3.8) is 0 Å². The average molecular weight is 361 g/mol. The minimum atomic E-state index is -0.196. The lowest BCUT2D eigenvalue weighted by Crippen LogP contribution is -2.23. The van der Waals surface area contributed by atoms with Crippen LogP contribution >= 0.6 is 23.1 Å². The Labute approximate surface area is 145 Å². The second-order valence-corrected chi connectivity index (χ2v) is 7.70. The Morgan fingerprint density at radius 2 is 2.29 bits per heavy atom. The van der Waals surface area contributed by atoms with Crippen LogP contribution in [-0.4, -0.2) is 30.8 Å². The first-order chi connectivity index (χ1) is 11.5. The van der Waals surface area contributed by atoms with Gasteiger partial charge < -0.3 is 14.5 Å². The summed E-state index contributed by atoms with van der Waals surface area (Å²) in [6.07, 6.45) is 3.46. The number of imidazole rings is 1. The molecule has 9 heteroatoms. The summed E-state index contributed by atoms with van der Waals surface area (Å²) in [6, 6.07) is 0. The molecule has 1 N–H and O–H groups in total. The third-order valence-corrected chi connectivity index (χ3v) is 6.17. The van der Waals surface area contributed by atoms with E-state index in [2.05, 4.69) is 19.9 Å². The van der Waals surface area contributed by atoms with Crippen molar-refractivity contribution in [1.29, 1.82) is 0 Å². The highest BCUT2D eigenvalue weighted by atomic mass is 32.2. The summed E-state index contributed by atoms with van der Waals surface area (Å²) in [7, 11) is 1.65. The summed E-state index contributed by atoms with van der Waals surface area (Å²) < 4.78 is 3.53. The number of nitrogens with zero attached hydrogens (tertiary/aromatic N) is 4. The van der Waals surface area contributed by atoms with Gasteiger partial charge in [-0.2, -0.15) is 0 Å². The molecule has 0 fully saturated rings. The summed E-state index contributed by atoms with van der Waals surface area (Å²) in [4.78, 5) is 34.6. The SMILES string of the molecule is Cc1c(C(=O)NCc2cn3c(n2)SCC3)sc2ncn(C)c(=O)c12. The lowest BCUT2D eigenvalue weighted by atomic mass is 10.2. The lowest BCUT2D eigenvalue weighted by Gasteiger charge is -2.02. The van der Waals surface area contributed by atoms with Gasteiger partial charge in [-0.05, 0) is 12.5 Å². The van der Waals surface area contributed by atoms with Gasteiger partial charge in [-0.25, -0.2) is 9.97 Å². The van der Waals surface area contributed by atoms with Crippen LogP contribution in [0.15, 0.2) is 22.5 Å². The van der Waals surface area contributed by atoms with Crippen LogP contribution < -0.4 is 10.9 Å². The third-order valence-electron chi connectivity index (χ3n) is 4.00. The molecule has 3 aromatic rings. The number of carbonyl (C=O) groups excluding carboxylic acids is 1. The molecule has 1 aliphatic rings. The Bertz CT molecular complexity index is 995. The number of hydrogen-bond acceptors (Lipinski definition) is 6. The van der Waals surface area contributed by atoms with Crippen LogP contribution in [0.25, 0.3) is 10.2 Å². The van der Waals surface area contributed by atoms with Crippen molar-refractivity contribution in [3.05, 3.63) is 39.0 Å². The molecule has 0 unspecified atom stereocenters. The first-order valence-corrected chi connectivity index (χ1v) is 9.26. The van der Waals surface area contributed by atoms with E-state index in [0.29, 0.717) is 27.2 Å². The number of amides is 1. The fraction of sp³-hybridized carbons (Fsp3) is 0.333. The van der Waals surface area contributed by atoms with Crippen LogP contribution in [0.5, 0.6) is 0 Å². The number of rotatable bonds is 3. The van der Waals surface area contributed by atoms with Crippen LogP contribution in [0.3, 0.4) is 0 Å². The molecule has 3 aromatic heterocycles. The van der Waals surface area contributed by atoms with E-state index >= 15 is 0 Å². The zero-order valence-corrected chi connectivity index (χ0v) is 14.8. The maximum atomic E-state index is 12.5. The summed E-state index contributed by atoms with van der Waals surface area (Å²) in [6.45, 7) is 3.13. The Morgan fingerprint density at radius 1 is 1.46 bits per heavy atom. The number of thiophene rings is 1. The van der Waals surface area contributed by atoms with E-state index in [1.165, 1.54) is 22.2 Å². The standard InChI is InChI=1S/C15H15N5O2S2/c1-8-10-13(17-7-19(2)14(10)22)24-11(8)12(21)16-5-9-6-20-3-4-23-15(20)18-9/h6-7H,3-5H2,1-2H3,(H,16,21). The summed E-state index contributed by atoms with van der Waals surface area (Å²) >= 11 is 2.97. The van der Waals surface area contributed by atoms with Gasteiger partial charge in [-0.1, -0.05) is 11.8 Å². The van der Waals surface area contributed by atoms with Crippen LogP contribution in [0.1, 0.15) is 20.9 Å². The Hall–Kier alpha value is -2.13. The van der Waals surface area contributed by atoms with Gasteiger partial charge in [-0.3, -0.25) is 9.59 Å². The maximum absolute atomic E-state index is 12.5. The number of aromatic nitrogens is 4. The molecule has 0 saturated heterocycles. The van der Waals surface area contributed by atoms with Gasteiger partial charge in [0.25, 0.3) is 11.5 Å². The zero-order valence-electron chi connectivity index (χ0n) is 13.2. The molecule has 0 atom stereocenters. The summed E-state index contributed by atoms with van der Waals surface area (Å²) in [5.74, 6) is 0.858. The smallest absolute Gasteiger partial charge is 0.262 e. The molecule has 7 nitrogen and oxygen atoms in total. The fourth-order valence-electron chi connectivity index (χ4n) is 2.72. The van der Waals surface area contributed by atoms with Crippen molar-refractivity contribution in [3.8, 4) is 0 Å². The van der Waals surface area contributed by atoms with E-state index in [9.17, 15) is 9.59 Å². The Balaban J connectivity index is 1.58. The number of fused-ring (bicyclic) bond motifs is 2. The van der Waals surface area contributed by atoms with E-state index in [-0.39, 0.29) is 11.5 Å². The van der Waals surface area contributed by atoms with Gasteiger partial charge in [-0.15, -0.1) is 11.3 Å². The van der Waals surface area contributed by atoms with Gasteiger partial charge in [0, 0.05) is 25.5 Å². The van der Waals surface area contributed by atoms with Crippen molar-refractivity contribution < 1.29 is 4.79 Å². The van der Waals surface area contributed by atoms with Gasteiger partial charge in [0.1, 0.15) is 4.83 Å². The largest absolute Gasteiger partial charge is 0.346 e. The maximum Gasteiger partial charge on any atom is 0.262 e. The van der Waals surface area contributed by atoms with Crippen molar-refractivity contribution >= 4 is 39.2 Å².